The molecule has 3 amide bonds. The first-order valence-electron chi connectivity index (χ1n) is 9.59. The van der Waals surface area contributed by atoms with E-state index in [0.717, 1.165) is 22.4 Å². The van der Waals surface area contributed by atoms with Gasteiger partial charge in [0.1, 0.15) is 0 Å². The number of amides is 3. The van der Waals surface area contributed by atoms with E-state index in [1.807, 2.05) is 42.7 Å². The molecular formula is C21H24N6O2S. The summed E-state index contributed by atoms with van der Waals surface area (Å²) in [5, 5.41) is 13.6. The van der Waals surface area contributed by atoms with Gasteiger partial charge < -0.3 is 5.32 Å². The summed E-state index contributed by atoms with van der Waals surface area (Å²) < 4.78 is 1.92. The lowest BCUT2D eigenvalue weighted by molar-refractivity contribution is -0.119. The van der Waals surface area contributed by atoms with Crippen molar-refractivity contribution in [3.63, 3.8) is 0 Å². The molecule has 0 fully saturated rings. The molecule has 0 aliphatic carbocycles. The fourth-order valence-electron chi connectivity index (χ4n) is 2.93. The molecule has 3 aromatic rings. The summed E-state index contributed by atoms with van der Waals surface area (Å²) in [5.74, 6) is 0.234. The van der Waals surface area contributed by atoms with Gasteiger partial charge in [0.2, 0.25) is 5.91 Å². The quantitative estimate of drug-likeness (QED) is 0.589. The summed E-state index contributed by atoms with van der Waals surface area (Å²) in [7, 11) is 0. The number of carbonyl (C=O) groups is 2. The molecule has 2 heterocycles. The van der Waals surface area contributed by atoms with Crippen molar-refractivity contribution in [3.8, 4) is 17.1 Å². The predicted molar refractivity (Wildman–Crippen MR) is 117 cm³/mol. The summed E-state index contributed by atoms with van der Waals surface area (Å²) in [6, 6.07) is 9.36. The van der Waals surface area contributed by atoms with Crippen molar-refractivity contribution in [2.75, 3.05) is 6.54 Å². The van der Waals surface area contributed by atoms with E-state index in [1.54, 1.807) is 26.2 Å². The number of benzene rings is 1. The largest absolute Gasteiger partial charge is 0.338 e. The van der Waals surface area contributed by atoms with Crippen LogP contribution in [-0.2, 0) is 4.79 Å². The van der Waals surface area contributed by atoms with Gasteiger partial charge in [-0.2, -0.15) is 0 Å². The highest BCUT2D eigenvalue weighted by molar-refractivity contribution is 8.00. The number of pyridine rings is 1. The lowest BCUT2D eigenvalue weighted by atomic mass is 10.1. The van der Waals surface area contributed by atoms with Gasteiger partial charge in [0.05, 0.1) is 10.9 Å². The van der Waals surface area contributed by atoms with Crippen LogP contribution in [0, 0.1) is 13.8 Å². The maximum absolute atomic E-state index is 12.4. The second-order valence-corrected chi connectivity index (χ2v) is 8.09. The number of nitrogens with zero attached hydrogens (tertiary/aromatic N) is 4. The van der Waals surface area contributed by atoms with Gasteiger partial charge in [-0.1, -0.05) is 29.5 Å². The Hall–Kier alpha value is -3.20. The topological polar surface area (TPSA) is 102 Å². The van der Waals surface area contributed by atoms with E-state index in [4.69, 9.17) is 0 Å². The van der Waals surface area contributed by atoms with E-state index >= 15 is 0 Å². The molecule has 0 aliphatic heterocycles. The lowest BCUT2D eigenvalue weighted by Crippen LogP contribution is -2.42. The van der Waals surface area contributed by atoms with Crippen LogP contribution in [0.3, 0.4) is 0 Å². The van der Waals surface area contributed by atoms with Crippen molar-refractivity contribution in [1.29, 1.82) is 0 Å². The van der Waals surface area contributed by atoms with Crippen LogP contribution in [0.15, 0.2) is 47.9 Å². The molecule has 156 valence electrons. The minimum absolute atomic E-state index is 0.399. The number of thioether (sulfide) groups is 1. The molecule has 0 spiro atoms. The summed E-state index contributed by atoms with van der Waals surface area (Å²) in [5.41, 5.74) is 3.94. The van der Waals surface area contributed by atoms with Crippen molar-refractivity contribution in [3.05, 3.63) is 53.9 Å². The zero-order chi connectivity index (χ0) is 21.7. The zero-order valence-electron chi connectivity index (χ0n) is 17.3. The smallest absolute Gasteiger partial charge is 0.321 e. The minimum Gasteiger partial charge on any atom is -0.338 e. The predicted octanol–water partition coefficient (Wildman–Crippen LogP) is 3.27. The third kappa shape index (κ3) is 4.85. The van der Waals surface area contributed by atoms with E-state index in [2.05, 4.69) is 31.9 Å². The monoisotopic (exact) mass is 424 g/mol. The first kappa shape index (κ1) is 21.5. The molecule has 0 saturated heterocycles. The Bertz CT molecular complexity index is 1050. The Morgan fingerprint density at radius 3 is 2.67 bits per heavy atom. The first-order valence-corrected chi connectivity index (χ1v) is 10.5. The van der Waals surface area contributed by atoms with E-state index < -0.39 is 17.2 Å². The summed E-state index contributed by atoms with van der Waals surface area (Å²) in [6.45, 7) is 8.01. The van der Waals surface area contributed by atoms with Gasteiger partial charge >= 0.3 is 6.03 Å². The van der Waals surface area contributed by atoms with Gasteiger partial charge in [-0.15, -0.1) is 10.2 Å². The lowest BCUT2D eigenvalue weighted by Gasteiger charge is -2.15. The van der Waals surface area contributed by atoms with E-state index in [9.17, 15) is 9.59 Å². The number of nitrogens with one attached hydrogen (secondary N) is 2. The van der Waals surface area contributed by atoms with Crippen LogP contribution in [-0.4, -0.2) is 43.5 Å². The highest BCUT2D eigenvalue weighted by Gasteiger charge is 2.23. The number of carbonyl (C=O) groups excluding carboxylic acids is 2. The van der Waals surface area contributed by atoms with Crippen LogP contribution in [0.1, 0.15) is 25.0 Å². The van der Waals surface area contributed by atoms with Gasteiger partial charge in [-0.05, 0) is 51.5 Å². The van der Waals surface area contributed by atoms with E-state index in [-0.39, 0.29) is 0 Å². The number of hydrogen-bond acceptors (Lipinski definition) is 6. The number of aromatic nitrogens is 4. The van der Waals surface area contributed by atoms with Gasteiger partial charge in [-0.3, -0.25) is 19.7 Å². The zero-order valence-corrected chi connectivity index (χ0v) is 18.2. The second-order valence-electron chi connectivity index (χ2n) is 6.78. The Kier molecular flexibility index (Phi) is 6.83. The maximum Gasteiger partial charge on any atom is 0.321 e. The van der Waals surface area contributed by atoms with Gasteiger partial charge in [0, 0.05) is 24.5 Å². The molecule has 0 bridgehead atoms. The maximum atomic E-state index is 12.4. The number of imide groups is 1. The minimum atomic E-state index is -0.553. The number of rotatable bonds is 6. The van der Waals surface area contributed by atoms with Crippen LogP contribution in [0.4, 0.5) is 4.79 Å². The van der Waals surface area contributed by atoms with E-state index in [1.165, 1.54) is 11.8 Å². The van der Waals surface area contributed by atoms with Gasteiger partial charge in [0.25, 0.3) is 0 Å². The average molecular weight is 425 g/mol. The highest BCUT2D eigenvalue weighted by atomic mass is 32.2. The molecule has 8 nitrogen and oxygen atoms in total. The molecule has 0 aliphatic rings. The molecule has 1 atom stereocenters. The number of hydrogen-bond donors (Lipinski definition) is 2. The van der Waals surface area contributed by atoms with E-state index in [0.29, 0.717) is 17.5 Å². The highest BCUT2D eigenvalue weighted by Crippen LogP contribution is 2.31. The van der Waals surface area contributed by atoms with Gasteiger partial charge in [-0.25, -0.2) is 4.79 Å². The SMILES string of the molecule is CCNC(=O)NC(=O)[C@H](C)Sc1nnc(-c2cccnc2)n1-c1ccc(C)cc1C. The Labute approximate surface area is 179 Å². The van der Waals surface area contributed by atoms with Crippen molar-refractivity contribution in [2.45, 2.75) is 38.1 Å². The molecule has 0 radical (unpaired) electrons. The number of urea groups is 1. The first-order chi connectivity index (χ1) is 14.4. The molecule has 1 aromatic carbocycles. The number of aryl methyl sites for hydroxylation is 2. The Balaban J connectivity index is 1.98. The molecule has 2 N–H and O–H groups in total. The molecule has 0 unspecified atom stereocenters. The Morgan fingerprint density at radius 2 is 2.00 bits per heavy atom. The standard InChI is InChI=1S/C21H24N6O2S/c1-5-23-20(29)24-19(28)15(4)30-21-26-25-18(16-7-6-10-22-12-16)27(21)17-9-8-13(2)11-14(17)3/h6-12,15H,5H2,1-4H3,(H2,23,24,28,29)/t15-/m0/s1. The molecule has 3 rings (SSSR count). The third-order valence-corrected chi connectivity index (χ3v) is 5.41. The average Bonchev–Trinajstić information content (AvgIpc) is 3.12. The fourth-order valence-corrected chi connectivity index (χ4v) is 3.79. The summed E-state index contributed by atoms with van der Waals surface area (Å²) in [6.07, 6.45) is 3.43. The second kappa shape index (κ2) is 9.53. The third-order valence-electron chi connectivity index (χ3n) is 4.37. The van der Waals surface area contributed by atoms with Crippen molar-refractivity contribution < 1.29 is 9.59 Å². The van der Waals surface area contributed by atoms with Crippen molar-refractivity contribution in [1.82, 2.24) is 30.4 Å². The molecule has 9 heteroatoms. The Morgan fingerprint density at radius 1 is 1.20 bits per heavy atom. The molecule has 2 aromatic heterocycles. The van der Waals surface area contributed by atoms with Crippen LogP contribution in [0.2, 0.25) is 0 Å². The summed E-state index contributed by atoms with van der Waals surface area (Å²) in [4.78, 5) is 28.3. The van der Waals surface area contributed by atoms with Crippen molar-refractivity contribution >= 4 is 23.7 Å². The van der Waals surface area contributed by atoms with Crippen LogP contribution in [0.5, 0.6) is 0 Å². The van der Waals surface area contributed by atoms with Crippen molar-refractivity contribution in [2.24, 2.45) is 0 Å². The summed E-state index contributed by atoms with van der Waals surface area (Å²) >= 11 is 1.24. The van der Waals surface area contributed by atoms with Crippen LogP contribution in [0.25, 0.3) is 17.1 Å². The van der Waals surface area contributed by atoms with Crippen LogP contribution >= 0.6 is 11.8 Å². The normalized spacial score (nSPS) is 11.7. The molecule has 30 heavy (non-hydrogen) atoms. The fraction of sp³-hybridized carbons (Fsp3) is 0.286. The molecule has 0 saturated carbocycles. The van der Waals surface area contributed by atoms with Crippen LogP contribution < -0.4 is 10.6 Å². The molecular weight excluding hydrogens is 400 g/mol. The van der Waals surface area contributed by atoms with Gasteiger partial charge in [0.15, 0.2) is 11.0 Å².